The predicted molar refractivity (Wildman–Crippen MR) is 70.5 cm³/mol. The molecule has 0 amide bonds. The number of nitrogens with zero attached hydrogens (tertiary/aromatic N) is 1. The molecule has 0 unspecified atom stereocenters. The van der Waals surface area contributed by atoms with E-state index in [0.717, 1.165) is 29.7 Å². The molecule has 1 aromatic heterocycles. The van der Waals surface area contributed by atoms with E-state index in [2.05, 4.69) is 4.98 Å². The minimum Gasteiger partial charge on any atom is -0.298 e. The standard InChI is InChI=1S/C14H13NOS/c16-11-12-4-6-14(7-5-12)17-10-8-13-3-1-2-9-15-13/h1-7,9,11H,8,10H2. The zero-order valence-electron chi connectivity index (χ0n) is 9.37. The van der Waals surface area contributed by atoms with Crippen LogP contribution in [0, 0.1) is 0 Å². The Morgan fingerprint density at radius 2 is 1.94 bits per heavy atom. The summed E-state index contributed by atoms with van der Waals surface area (Å²) >= 11 is 1.78. The van der Waals surface area contributed by atoms with Gasteiger partial charge in [-0.1, -0.05) is 18.2 Å². The monoisotopic (exact) mass is 243 g/mol. The van der Waals surface area contributed by atoms with Crippen LogP contribution in [0.4, 0.5) is 0 Å². The van der Waals surface area contributed by atoms with Crippen molar-refractivity contribution in [3.05, 3.63) is 59.9 Å². The van der Waals surface area contributed by atoms with E-state index in [4.69, 9.17) is 0 Å². The number of hydrogen-bond acceptors (Lipinski definition) is 3. The van der Waals surface area contributed by atoms with Crippen molar-refractivity contribution in [1.29, 1.82) is 0 Å². The Morgan fingerprint density at radius 3 is 2.59 bits per heavy atom. The first-order valence-corrected chi connectivity index (χ1v) is 6.45. The van der Waals surface area contributed by atoms with Gasteiger partial charge in [-0.3, -0.25) is 9.78 Å². The minimum atomic E-state index is 0.721. The smallest absolute Gasteiger partial charge is 0.150 e. The van der Waals surface area contributed by atoms with Gasteiger partial charge in [-0.15, -0.1) is 11.8 Å². The van der Waals surface area contributed by atoms with Crippen molar-refractivity contribution in [3.63, 3.8) is 0 Å². The minimum absolute atomic E-state index is 0.721. The molecule has 0 saturated carbocycles. The third-order valence-corrected chi connectivity index (χ3v) is 3.38. The average molecular weight is 243 g/mol. The molecule has 0 radical (unpaired) electrons. The highest BCUT2D eigenvalue weighted by Gasteiger charge is 1.97. The first kappa shape index (κ1) is 11.9. The molecule has 0 aliphatic heterocycles. The van der Waals surface area contributed by atoms with E-state index < -0.39 is 0 Å². The van der Waals surface area contributed by atoms with Crippen molar-refractivity contribution in [1.82, 2.24) is 4.98 Å². The van der Waals surface area contributed by atoms with Crippen LogP contribution < -0.4 is 0 Å². The Bertz CT molecular complexity index is 467. The Labute approximate surface area is 105 Å². The van der Waals surface area contributed by atoms with Crippen molar-refractivity contribution >= 4 is 18.0 Å². The Morgan fingerprint density at radius 1 is 1.12 bits per heavy atom. The molecule has 17 heavy (non-hydrogen) atoms. The lowest BCUT2D eigenvalue weighted by Crippen LogP contribution is -1.91. The molecule has 2 aromatic rings. The van der Waals surface area contributed by atoms with Gasteiger partial charge in [-0.25, -0.2) is 0 Å². The van der Waals surface area contributed by atoms with E-state index in [0.29, 0.717) is 0 Å². The molecular formula is C14H13NOS. The molecule has 0 atom stereocenters. The number of benzene rings is 1. The van der Waals surface area contributed by atoms with Gasteiger partial charge in [0.05, 0.1) is 0 Å². The fraction of sp³-hybridized carbons (Fsp3) is 0.143. The number of pyridine rings is 1. The number of rotatable bonds is 5. The molecule has 2 rings (SSSR count). The zero-order valence-corrected chi connectivity index (χ0v) is 10.2. The first-order chi connectivity index (χ1) is 8.38. The van der Waals surface area contributed by atoms with Gasteiger partial charge in [-0.2, -0.15) is 0 Å². The lowest BCUT2D eigenvalue weighted by Gasteiger charge is -2.01. The van der Waals surface area contributed by atoms with E-state index in [9.17, 15) is 4.79 Å². The lowest BCUT2D eigenvalue weighted by atomic mass is 10.2. The molecule has 0 aliphatic carbocycles. The Kier molecular flexibility index (Phi) is 4.33. The maximum atomic E-state index is 10.5. The van der Waals surface area contributed by atoms with Crippen LogP contribution in [0.1, 0.15) is 16.1 Å². The third kappa shape index (κ3) is 3.71. The third-order valence-electron chi connectivity index (χ3n) is 2.37. The zero-order chi connectivity index (χ0) is 11.9. The number of carbonyl (C=O) groups is 1. The van der Waals surface area contributed by atoms with Crippen LogP contribution in [0.2, 0.25) is 0 Å². The SMILES string of the molecule is O=Cc1ccc(SCCc2ccccn2)cc1. The summed E-state index contributed by atoms with van der Waals surface area (Å²) in [6.45, 7) is 0. The van der Waals surface area contributed by atoms with Crippen LogP contribution in [0.3, 0.4) is 0 Å². The second-order valence-electron chi connectivity index (χ2n) is 3.61. The number of aromatic nitrogens is 1. The Balaban J connectivity index is 1.84. The molecule has 1 heterocycles. The Hall–Kier alpha value is -1.61. The lowest BCUT2D eigenvalue weighted by molar-refractivity contribution is 0.112. The van der Waals surface area contributed by atoms with Gasteiger partial charge >= 0.3 is 0 Å². The molecule has 1 aromatic carbocycles. The van der Waals surface area contributed by atoms with Crippen molar-refractivity contribution in [2.24, 2.45) is 0 Å². The molecular weight excluding hydrogens is 230 g/mol. The predicted octanol–water partition coefficient (Wildman–Crippen LogP) is 3.23. The van der Waals surface area contributed by atoms with E-state index in [-0.39, 0.29) is 0 Å². The highest BCUT2D eigenvalue weighted by molar-refractivity contribution is 7.99. The van der Waals surface area contributed by atoms with E-state index in [1.807, 2.05) is 48.7 Å². The summed E-state index contributed by atoms with van der Waals surface area (Å²) < 4.78 is 0. The van der Waals surface area contributed by atoms with E-state index in [1.54, 1.807) is 11.8 Å². The second-order valence-corrected chi connectivity index (χ2v) is 4.77. The molecule has 0 spiro atoms. The van der Waals surface area contributed by atoms with Crippen LogP contribution in [0.15, 0.2) is 53.6 Å². The van der Waals surface area contributed by atoms with Crippen LogP contribution in [-0.2, 0) is 6.42 Å². The van der Waals surface area contributed by atoms with Crippen LogP contribution in [0.5, 0.6) is 0 Å². The first-order valence-electron chi connectivity index (χ1n) is 5.46. The summed E-state index contributed by atoms with van der Waals surface area (Å²) in [5, 5.41) is 0. The molecule has 0 N–H and O–H groups in total. The number of carbonyl (C=O) groups excluding carboxylic acids is 1. The summed E-state index contributed by atoms with van der Waals surface area (Å²) in [7, 11) is 0. The maximum absolute atomic E-state index is 10.5. The number of aryl methyl sites for hydroxylation is 1. The van der Waals surface area contributed by atoms with Gasteiger partial charge in [0.15, 0.2) is 0 Å². The number of thioether (sulfide) groups is 1. The van der Waals surface area contributed by atoms with Crippen molar-refractivity contribution < 1.29 is 4.79 Å². The van der Waals surface area contributed by atoms with Crippen molar-refractivity contribution in [2.45, 2.75) is 11.3 Å². The molecule has 0 aliphatic rings. The summed E-state index contributed by atoms with van der Waals surface area (Å²) in [6, 6.07) is 13.6. The molecule has 2 nitrogen and oxygen atoms in total. The largest absolute Gasteiger partial charge is 0.298 e. The van der Waals surface area contributed by atoms with Gasteiger partial charge in [0.25, 0.3) is 0 Å². The van der Waals surface area contributed by atoms with E-state index in [1.165, 1.54) is 4.90 Å². The van der Waals surface area contributed by atoms with Gasteiger partial charge in [0.2, 0.25) is 0 Å². The summed E-state index contributed by atoms with van der Waals surface area (Å²) in [6.07, 6.45) is 3.64. The van der Waals surface area contributed by atoms with Gasteiger partial charge in [0, 0.05) is 28.1 Å². The van der Waals surface area contributed by atoms with Crippen LogP contribution in [0.25, 0.3) is 0 Å². The molecule has 3 heteroatoms. The van der Waals surface area contributed by atoms with Crippen molar-refractivity contribution in [2.75, 3.05) is 5.75 Å². The fourth-order valence-electron chi connectivity index (χ4n) is 1.46. The molecule has 0 fully saturated rings. The molecule has 86 valence electrons. The normalized spacial score (nSPS) is 10.1. The van der Waals surface area contributed by atoms with Crippen LogP contribution >= 0.6 is 11.8 Å². The summed E-state index contributed by atoms with van der Waals surface area (Å²) in [5.41, 5.74) is 1.84. The topological polar surface area (TPSA) is 30.0 Å². The van der Waals surface area contributed by atoms with Crippen molar-refractivity contribution in [3.8, 4) is 0 Å². The van der Waals surface area contributed by atoms with E-state index >= 15 is 0 Å². The summed E-state index contributed by atoms with van der Waals surface area (Å²) in [5.74, 6) is 0.997. The van der Waals surface area contributed by atoms with Gasteiger partial charge in [-0.05, 0) is 30.7 Å². The number of aldehydes is 1. The average Bonchev–Trinajstić information content (AvgIpc) is 2.41. The van der Waals surface area contributed by atoms with Gasteiger partial charge in [0.1, 0.15) is 6.29 Å². The summed E-state index contributed by atoms with van der Waals surface area (Å²) in [4.78, 5) is 16.0. The van der Waals surface area contributed by atoms with Crippen LogP contribution in [-0.4, -0.2) is 17.0 Å². The highest BCUT2D eigenvalue weighted by Crippen LogP contribution is 2.18. The van der Waals surface area contributed by atoms with Gasteiger partial charge < -0.3 is 0 Å². The highest BCUT2D eigenvalue weighted by atomic mass is 32.2. The second kappa shape index (κ2) is 6.21. The molecule has 0 bridgehead atoms. The quantitative estimate of drug-likeness (QED) is 0.596. The number of hydrogen-bond donors (Lipinski definition) is 0. The maximum Gasteiger partial charge on any atom is 0.150 e. The molecule has 0 saturated heterocycles. The fourth-order valence-corrected chi connectivity index (χ4v) is 2.34.